The van der Waals surface area contributed by atoms with Crippen molar-refractivity contribution in [3.8, 4) is 0 Å². The van der Waals surface area contributed by atoms with Gasteiger partial charge >= 0.3 is 12.0 Å². The molecule has 0 aromatic heterocycles. The fraction of sp³-hybridized carbons (Fsp3) is 0.857. The summed E-state index contributed by atoms with van der Waals surface area (Å²) in [6.45, 7) is 2.17. The highest BCUT2D eigenvalue weighted by molar-refractivity contribution is 5.83. The van der Waals surface area contributed by atoms with Crippen LogP contribution in [0.4, 0.5) is 4.79 Å². The number of hydrogen-bond donors (Lipinski definition) is 3. The highest BCUT2D eigenvalue weighted by atomic mass is 16.4. The lowest BCUT2D eigenvalue weighted by atomic mass is 9.99. The average Bonchev–Trinajstić information content (AvgIpc) is 3.19. The van der Waals surface area contributed by atoms with Crippen LogP contribution in [0.5, 0.6) is 0 Å². The Balaban J connectivity index is 1.52. The average molecular weight is 281 g/mol. The van der Waals surface area contributed by atoms with E-state index in [4.69, 9.17) is 5.11 Å². The number of nitrogens with one attached hydrogen (secondary N) is 2. The first-order chi connectivity index (χ1) is 9.65. The first-order valence-electron chi connectivity index (χ1n) is 7.69. The number of carboxylic acid groups (broad SMARTS) is 1. The quantitative estimate of drug-likeness (QED) is 0.711. The minimum absolute atomic E-state index is 0.119. The number of carbonyl (C=O) groups is 2. The van der Waals surface area contributed by atoms with Crippen molar-refractivity contribution in [2.45, 2.75) is 56.7 Å². The molecule has 2 amide bonds. The fourth-order valence-corrected chi connectivity index (χ4v) is 3.58. The van der Waals surface area contributed by atoms with Crippen LogP contribution >= 0.6 is 0 Å². The zero-order valence-corrected chi connectivity index (χ0v) is 11.7. The van der Waals surface area contributed by atoms with Gasteiger partial charge in [0.25, 0.3) is 0 Å². The zero-order chi connectivity index (χ0) is 14.1. The summed E-state index contributed by atoms with van der Waals surface area (Å²) in [5.41, 5.74) is 0. The Morgan fingerprint density at radius 1 is 1.10 bits per heavy atom. The molecule has 0 bridgehead atoms. The Morgan fingerprint density at radius 2 is 1.90 bits per heavy atom. The highest BCUT2D eigenvalue weighted by Crippen LogP contribution is 2.33. The molecule has 3 unspecified atom stereocenters. The molecule has 0 aromatic carbocycles. The molecule has 1 saturated carbocycles. The number of hydrogen-bond acceptors (Lipinski definition) is 3. The van der Waals surface area contributed by atoms with E-state index in [0.717, 1.165) is 38.8 Å². The van der Waals surface area contributed by atoms with Crippen molar-refractivity contribution in [2.24, 2.45) is 5.92 Å². The summed E-state index contributed by atoms with van der Waals surface area (Å²) in [5.74, 6) is -0.804. The molecule has 0 spiro atoms. The van der Waals surface area contributed by atoms with Gasteiger partial charge in [-0.15, -0.1) is 0 Å². The normalized spacial score (nSPS) is 31.4. The molecule has 1 aliphatic carbocycles. The number of urea groups is 1. The van der Waals surface area contributed by atoms with Crippen molar-refractivity contribution in [2.75, 3.05) is 13.1 Å². The lowest BCUT2D eigenvalue weighted by Gasteiger charge is -2.32. The molecule has 3 N–H and O–H groups in total. The van der Waals surface area contributed by atoms with Crippen molar-refractivity contribution < 1.29 is 14.7 Å². The number of aliphatic carboxylic acids is 1. The second-order valence-electron chi connectivity index (χ2n) is 6.27. The van der Waals surface area contributed by atoms with E-state index in [1.165, 1.54) is 12.8 Å². The molecule has 112 valence electrons. The number of rotatable bonds is 4. The molecular weight excluding hydrogens is 258 g/mol. The van der Waals surface area contributed by atoms with Crippen LogP contribution in [0.15, 0.2) is 0 Å². The molecule has 0 aromatic rings. The van der Waals surface area contributed by atoms with Gasteiger partial charge in [0.2, 0.25) is 0 Å². The molecule has 2 aliphatic heterocycles. The summed E-state index contributed by atoms with van der Waals surface area (Å²) in [4.78, 5) is 25.6. The predicted molar refractivity (Wildman–Crippen MR) is 73.4 cm³/mol. The Morgan fingerprint density at radius 3 is 2.60 bits per heavy atom. The summed E-state index contributed by atoms with van der Waals surface area (Å²) in [6, 6.07) is -0.428. The Labute approximate surface area is 118 Å². The largest absolute Gasteiger partial charge is 0.480 e. The number of carboxylic acids is 1. The van der Waals surface area contributed by atoms with Gasteiger partial charge in [0, 0.05) is 18.6 Å². The topological polar surface area (TPSA) is 81.7 Å². The van der Waals surface area contributed by atoms with Gasteiger partial charge in [-0.25, -0.2) is 9.59 Å². The third kappa shape index (κ3) is 2.90. The van der Waals surface area contributed by atoms with Gasteiger partial charge in [-0.05, 0) is 44.6 Å². The summed E-state index contributed by atoms with van der Waals surface area (Å²) >= 11 is 0. The van der Waals surface area contributed by atoms with Gasteiger partial charge < -0.3 is 15.7 Å². The monoisotopic (exact) mass is 281 g/mol. The lowest BCUT2D eigenvalue weighted by Crippen LogP contribution is -2.53. The fourth-order valence-electron chi connectivity index (χ4n) is 3.58. The van der Waals surface area contributed by atoms with Crippen molar-refractivity contribution >= 4 is 12.0 Å². The van der Waals surface area contributed by atoms with Crippen LogP contribution in [-0.4, -0.2) is 53.2 Å². The molecule has 0 radical (unpaired) electrons. The standard InChI is InChI=1S/C14H23N3O3/c18-13(19)12(9-4-5-9)16-14(20)15-10-6-8-17-7-2-1-3-11(10)17/h9-12H,1-8H2,(H,18,19)(H2,15,16,20). The van der Waals surface area contributed by atoms with Crippen molar-refractivity contribution in [3.63, 3.8) is 0 Å². The summed E-state index contributed by atoms with van der Waals surface area (Å²) in [6.07, 6.45) is 6.38. The number of carbonyl (C=O) groups excluding carboxylic acids is 1. The third-order valence-corrected chi connectivity index (χ3v) is 4.82. The number of piperidine rings is 1. The van der Waals surface area contributed by atoms with E-state index >= 15 is 0 Å². The molecule has 2 saturated heterocycles. The van der Waals surface area contributed by atoms with Gasteiger partial charge in [0.05, 0.1) is 0 Å². The van der Waals surface area contributed by atoms with Crippen LogP contribution in [0.25, 0.3) is 0 Å². The maximum Gasteiger partial charge on any atom is 0.326 e. The first kappa shape index (κ1) is 13.7. The van der Waals surface area contributed by atoms with Crippen LogP contribution in [0.2, 0.25) is 0 Å². The molecule has 6 heteroatoms. The number of nitrogens with zero attached hydrogens (tertiary/aromatic N) is 1. The Bertz CT molecular complexity index is 397. The van der Waals surface area contributed by atoms with Gasteiger partial charge in [0.1, 0.15) is 6.04 Å². The van der Waals surface area contributed by atoms with Crippen LogP contribution in [0.3, 0.4) is 0 Å². The maximum absolute atomic E-state index is 12.0. The third-order valence-electron chi connectivity index (χ3n) is 4.82. The SMILES string of the molecule is O=C(NC1CCN2CCCCC12)NC(C(=O)O)C1CC1. The lowest BCUT2D eigenvalue weighted by molar-refractivity contribution is -0.139. The van der Waals surface area contributed by atoms with E-state index in [-0.39, 0.29) is 18.0 Å². The van der Waals surface area contributed by atoms with E-state index < -0.39 is 12.0 Å². The predicted octanol–water partition coefficient (Wildman–Crippen LogP) is 0.776. The van der Waals surface area contributed by atoms with Crippen molar-refractivity contribution in [1.82, 2.24) is 15.5 Å². The molecular formula is C14H23N3O3. The van der Waals surface area contributed by atoms with E-state index in [0.29, 0.717) is 6.04 Å². The van der Waals surface area contributed by atoms with E-state index in [9.17, 15) is 9.59 Å². The molecule has 3 atom stereocenters. The van der Waals surface area contributed by atoms with Crippen LogP contribution in [0.1, 0.15) is 38.5 Å². The first-order valence-corrected chi connectivity index (χ1v) is 7.69. The van der Waals surface area contributed by atoms with Gasteiger partial charge in [-0.3, -0.25) is 4.90 Å². The van der Waals surface area contributed by atoms with Gasteiger partial charge in [-0.2, -0.15) is 0 Å². The highest BCUT2D eigenvalue weighted by Gasteiger charge is 2.39. The van der Waals surface area contributed by atoms with Crippen LogP contribution < -0.4 is 10.6 Å². The van der Waals surface area contributed by atoms with Crippen LogP contribution in [-0.2, 0) is 4.79 Å². The number of fused-ring (bicyclic) bond motifs is 1. The van der Waals surface area contributed by atoms with Crippen LogP contribution in [0, 0.1) is 5.92 Å². The minimum atomic E-state index is -0.923. The minimum Gasteiger partial charge on any atom is -0.480 e. The molecule has 3 aliphatic rings. The second kappa shape index (κ2) is 5.60. The van der Waals surface area contributed by atoms with Crippen molar-refractivity contribution in [1.29, 1.82) is 0 Å². The Kier molecular flexibility index (Phi) is 3.83. The van der Waals surface area contributed by atoms with E-state index in [1.807, 2.05) is 0 Å². The van der Waals surface area contributed by atoms with E-state index in [2.05, 4.69) is 15.5 Å². The molecule has 3 rings (SSSR count). The molecule has 20 heavy (non-hydrogen) atoms. The summed E-state index contributed by atoms with van der Waals surface area (Å²) in [7, 11) is 0. The zero-order valence-electron chi connectivity index (χ0n) is 11.7. The summed E-state index contributed by atoms with van der Waals surface area (Å²) < 4.78 is 0. The summed E-state index contributed by atoms with van der Waals surface area (Å²) in [5, 5.41) is 14.8. The van der Waals surface area contributed by atoms with E-state index in [1.54, 1.807) is 0 Å². The van der Waals surface area contributed by atoms with Crippen molar-refractivity contribution in [3.05, 3.63) is 0 Å². The number of amides is 2. The van der Waals surface area contributed by atoms with Gasteiger partial charge in [0.15, 0.2) is 0 Å². The van der Waals surface area contributed by atoms with Gasteiger partial charge in [-0.1, -0.05) is 6.42 Å². The smallest absolute Gasteiger partial charge is 0.326 e. The maximum atomic E-state index is 12.0. The molecule has 2 heterocycles. The molecule has 6 nitrogen and oxygen atoms in total. The molecule has 3 fully saturated rings. The Hall–Kier alpha value is -1.30. The second-order valence-corrected chi connectivity index (χ2v) is 6.27.